The molecular formula is C25H36. The van der Waals surface area contributed by atoms with Gasteiger partial charge < -0.3 is 0 Å². The largest absolute Gasteiger partial charge is 0.0654 e. The minimum Gasteiger partial charge on any atom is -0.0654 e. The van der Waals surface area contributed by atoms with Crippen LogP contribution in [0.2, 0.25) is 0 Å². The molecule has 0 unspecified atom stereocenters. The highest BCUT2D eigenvalue weighted by Crippen LogP contribution is 2.38. The molecule has 0 atom stereocenters. The third-order valence-electron chi connectivity index (χ3n) is 6.26. The molecule has 0 heterocycles. The van der Waals surface area contributed by atoms with Crippen LogP contribution in [0.3, 0.4) is 0 Å². The predicted octanol–water partition coefficient (Wildman–Crippen LogP) is 8.04. The maximum atomic E-state index is 2.47. The van der Waals surface area contributed by atoms with Crippen LogP contribution in [-0.2, 0) is 6.42 Å². The molecule has 0 amide bonds. The molecule has 0 spiro atoms. The Hall–Kier alpha value is -1.30. The van der Waals surface area contributed by atoms with Gasteiger partial charge >= 0.3 is 0 Å². The van der Waals surface area contributed by atoms with Gasteiger partial charge in [-0.25, -0.2) is 0 Å². The molecule has 1 fully saturated rings. The number of benzene rings is 2. The van der Waals surface area contributed by atoms with E-state index in [1.807, 2.05) is 0 Å². The summed E-state index contributed by atoms with van der Waals surface area (Å²) in [6, 6.07) is 14.4. The van der Waals surface area contributed by atoms with Crippen LogP contribution in [0, 0.1) is 5.92 Å². The van der Waals surface area contributed by atoms with E-state index < -0.39 is 0 Å². The monoisotopic (exact) mass is 336 g/mol. The van der Waals surface area contributed by atoms with Crippen molar-refractivity contribution in [2.45, 2.75) is 90.4 Å². The Morgan fingerprint density at radius 3 is 2.28 bits per heavy atom. The van der Waals surface area contributed by atoms with Gasteiger partial charge in [0.1, 0.15) is 0 Å². The van der Waals surface area contributed by atoms with Crippen molar-refractivity contribution in [2.75, 3.05) is 0 Å². The standard InChI is InChI=1S/C25H36/c1-3-5-6-7-9-21-12-15-25-19-24(17-16-23(25)18-21)22-13-10-20(8-4-2)11-14-22/h12,15-20,22H,3-11,13-14H2,1-2H3/t20-,22-. The molecule has 0 radical (unpaired) electrons. The second kappa shape index (κ2) is 9.41. The lowest BCUT2D eigenvalue weighted by Crippen LogP contribution is -2.13. The number of rotatable bonds is 8. The summed E-state index contributed by atoms with van der Waals surface area (Å²) < 4.78 is 0. The van der Waals surface area contributed by atoms with Crippen LogP contribution in [-0.4, -0.2) is 0 Å². The minimum absolute atomic E-state index is 0.797. The Morgan fingerprint density at radius 2 is 1.52 bits per heavy atom. The highest BCUT2D eigenvalue weighted by atomic mass is 14.3. The van der Waals surface area contributed by atoms with Crippen LogP contribution in [0.5, 0.6) is 0 Å². The molecule has 136 valence electrons. The fourth-order valence-corrected chi connectivity index (χ4v) is 4.67. The van der Waals surface area contributed by atoms with Gasteiger partial charge in [0.25, 0.3) is 0 Å². The molecule has 0 bridgehead atoms. The third-order valence-corrected chi connectivity index (χ3v) is 6.26. The van der Waals surface area contributed by atoms with Crippen LogP contribution in [0.25, 0.3) is 10.8 Å². The molecule has 1 saturated carbocycles. The number of hydrogen-bond acceptors (Lipinski definition) is 0. The Labute approximate surface area is 155 Å². The normalized spacial score (nSPS) is 20.9. The van der Waals surface area contributed by atoms with E-state index in [9.17, 15) is 0 Å². The molecule has 0 saturated heterocycles. The first-order valence-corrected chi connectivity index (χ1v) is 10.8. The van der Waals surface area contributed by atoms with Gasteiger partial charge in [-0.1, -0.05) is 82.3 Å². The van der Waals surface area contributed by atoms with Gasteiger partial charge in [0.15, 0.2) is 0 Å². The van der Waals surface area contributed by atoms with Crippen molar-refractivity contribution in [2.24, 2.45) is 5.92 Å². The molecule has 2 aromatic carbocycles. The SMILES string of the molecule is CCCCCCc1ccc2cc([C@H]3CC[C@H](CCC)CC3)ccc2c1. The number of aryl methyl sites for hydroxylation is 1. The molecule has 1 aliphatic rings. The maximum absolute atomic E-state index is 2.47. The Kier molecular flexibility index (Phi) is 6.96. The molecule has 25 heavy (non-hydrogen) atoms. The molecule has 0 aromatic heterocycles. The van der Waals surface area contributed by atoms with Crippen molar-refractivity contribution >= 4 is 10.8 Å². The Balaban J connectivity index is 1.63. The highest BCUT2D eigenvalue weighted by molar-refractivity contribution is 5.84. The van der Waals surface area contributed by atoms with Gasteiger partial charge in [-0.15, -0.1) is 0 Å². The molecule has 3 rings (SSSR count). The van der Waals surface area contributed by atoms with Crippen LogP contribution in [0.1, 0.15) is 95.1 Å². The van der Waals surface area contributed by atoms with E-state index in [2.05, 4.69) is 50.2 Å². The Bertz CT molecular complexity index is 646. The Morgan fingerprint density at radius 1 is 0.760 bits per heavy atom. The topological polar surface area (TPSA) is 0 Å². The van der Waals surface area contributed by atoms with Crippen LogP contribution in [0.15, 0.2) is 36.4 Å². The summed E-state index contributed by atoms with van der Waals surface area (Å²) in [7, 11) is 0. The van der Waals surface area contributed by atoms with Gasteiger partial charge in [-0.3, -0.25) is 0 Å². The lowest BCUT2D eigenvalue weighted by molar-refractivity contribution is 0.308. The van der Waals surface area contributed by atoms with E-state index in [-0.39, 0.29) is 0 Å². The molecule has 0 nitrogen and oxygen atoms in total. The summed E-state index contributed by atoms with van der Waals surface area (Å²) in [5, 5.41) is 2.86. The van der Waals surface area contributed by atoms with Crippen molar-refractivity contribution in [3.8, 4) is 0 Å². The fraction of sp³-hybridized carbons (Fsp3) is 0.600. The van der Waals surface area contributed by atoms with E-state index in [0.717, 1.165) is 11.8 Å². The molecule has 0 N–H and O–H groups in total. The molecule has 2 aromatic rings. The van der Waals surface area contributed by atoms with Gasteiger partial charge in [0.05, 0.1) is 0 Å². The van der Waals surface area contributed by atoms with Gasteiger partial charge in [-0.2, -0.15) is 0 Å². The average molecular weight is 337 g/mol. The lowest BCUT2D eigenvalue weighted by Gasteiger charge is -2.28. The van der Waals surface area contributed by atoms with E-state index >= 15 is 0 Å². The van der Waals surface area contributed by atoms with Gasteiger partial charge in [0, 0.05) is 0 Å². The van der Waals surface area contributed by atoms with Crippen molar-refractivity contribution in [1.82, 2.24) is 0 Å². The lowest BCUT2D eigenvalue weighted by atomic mass is 9.77. The smallest absolute Gasteiger partial charge is 0.0162 e. The van der Waals surface area contributed by atoms with Crippen LogP contribution < -0.4 is 0 Å². The first-order chi connectivity index (χ1) is 12.3. The minimum atomic E-state index is 0.797. The molecule has 0 heteroatoms. The predicted molar refractivity (Wildman–Crippen MR) is 111 cm³/mol. The van der Waals surface area contributed by atoms with Crippen molar-refractivity contribution < 1.29 is 0 Å². The number of hydrogen-bond donors (Lipinski definition) is 0. The summed E-state index contributed by atoms with van der Waals surface area (Å²) in [4.78, 5) is 0. The molecule has 0 aliphatic heterocycles. The third kappa shape index (κ3) is 5.09. The van der Waals surface area contributed by atoms with Crippen LogP contribution >= 0.6 is 0 Å². The van der Waals surface area contributed by atoms with Crippen LogP contribution in [0.4, 0.5) is 0 Å². The summed E-state index contributed by atoms with van der Waals surface area (Å²) in [5.41, 5.74) is 3.09. The van der Waals surface area contributed by atoms with Crippen molar-refractivity contribution in [3.63, 3.8) is 0 Å². The first kappa shape index (κ1) is 18.5. The van der Waals surface area contributed by atoms with E-state index in [4.69, 9.17) is 0 Å². The average Bonchev–Trinajstić information content (AvgIpc) is 2.66. The quantitative estimate of drug-likeness (QED) is 0.428. The molecule has 1 aliphatic carbocycles. The van der Waals surface area contributed by atoms with Gasteiger partial charge in [-0.05, 0) is 72.3 Å². The van der Waals surface area contributed by atoms with Crippen molar-refractivity contribution in [3.05, 3.63) is 47.5 Å². The first-order valence-electron chi connectivity index (χ1n) is 10.8. The second-order valence-electron chi connectivity index (χ2n) is 8.26. The highest BCUT2D eigenvalue weighted by Gasteiger charge is 2.21. The molecular weight excluding hydrogens is 300 g/mol. The van der Waals surface area contributed by atoms with E-state index in [1.165, 1.54) is 87.0 Å². The second-order valence-corrected chi connectivity index (χ2v) is 8.26. The van der Waals surface area contributed by atoms with Crippen molar-refractivity contribution in [1.29, 1.82) is 0 Å². The fourth-order valence-electron chi connectivity index (χ4n) is 4.67. The number of fused-ring (bicyclic) bond motifs is 1. The number of unbranched alkanes of at least 4 members (excludes halogenated alkanes) is 3. The zero-order chi connectivity index (χ0) is 17.5. The zero-order valence-corrected chi connectivity index (χ0v) is 16.4. The maximum Gasteiger partial charge on any atom is -0.0162 e. The van der Waals surface area contributed by atoms with E-state index in [1.54, 1.807) is 5.56 Å². The summed E-state index contributed by atoms with van der Waals surface area (Å²) in [6.45, 7) is 4.61. The van der Waals surface area contributed by atoms with Gasteiger partial charge in [0.2, 0.25) is 0 Å². The summed E-state index contributed by atoms with van der Waals surface area (Å²) >= 11 is 0. The van der Waals surface area contributed by atoms with E-state index in [0.29, 0.717) is 0 Å². The zero-order valence-electron chi connectivity index (χ0n) is 16.4. The summed E-state index contributed by atoms with van der Waals surface area (Å²) in [6.07, 6.45) is 15.1. The summed E-state index contributed by atoms with van der Waals surface area (Å²) in [5.74, 6) is 1.79.